The van der Waals surface area contributed by atoms with Crippen molar-refractivity contribution < 1.29 is 9.53 Å². The van der Waals surface area contributed by atoms with Crippen molar-refractivity contribution in [1.29, 1.82) is 0 Å². The lowest BCUT2D eigenvalue weighted by atomic mass is 10.1. The maximum Gasteiger partial charge on any atom is 0.226 e. The van der Waals surface area contributed by atoms with Gasteiger partial charge < -0.3 is 9.64 Å². The monoisotopic (exact) mass is 233 g/mol. The molecule has 0 saturated carbocycles. The Hall–Kier alpha value is -1.35. The molecule has 1 aromatic carbocycles. The number of hydrogen-bond donors (Lipinski definition) is 0. The molecule has 17 heavy (non-hydrogen) atoms. The summed E-state index contributed by atoms with van der Waals surface area (Å²) in [5.41, 5.74) is 1.15. The molecule has 92 valence electrons. The Balaban J connectivity index is 1.87. The molecule has 0 bridgehead atoms. The van der Waals surface area contributed by atoms with Gasteiger partial charge in [0.05, 0.1) is 6.61 Å². The van der Waals surface area contributed by atoms with Gasteiger partial charge in [-0.25, -0.2) is 0 Å². The van der Waals surface area contributed by atoms with Crippen LogP contribution >= 0.6 is 0 Å². The third-order valence-electron chi connectivity index (χ3n) is 3.06. The van der Waals surface area contributed by atoms with E-state index in [0.29, 0.717) is 13.0 Å². The predicted octanol–water partition coefficient (Wildman–Crippen LogP) is 2.56. The fourth-order valence-electron chi connectivity index (χ4n) is 1.98. The first kappa shape index (κ1) is 12.1. The van der Waals surface area contributed by atoms with Gasteiger partial charge in [-0.1, -0.05) is 43.7 Å². The van der Waals surface area contributed by atoms with Crippen LogP contribution in [-0.4, -0.2) is 23.6 Å². The quantitative estimate of drug-likeness (QED) is 0.707. The summed E-state index contributed by atoms with van der Waals surface area (Å²) >= 11 is 0. The highest BCUT2D eigenvalue weighted by molar-refractivity contribution is 5.81. The van der Waals surface area contributed by atoms with Crippen LogP contribution < -0.4 is 0 Å². The second kappa shape index (κ2) is 5.82. The van der Waals surface area contributed by atoms with Gasteiger partial charge in [-0.2, -0.15) is 0 Å². The van der Waals surface area contributed by atoms with Crippen molar-refractivity contribution >= 4 is 5.91 Å². The molecule has 0 aliphatic carbocycles. The van der Waals surface area contributed by atoms with Crippen LogP contribution in [0.5, 0.6) is 0 Å². The van der Waals surface area contributed by atoms with Crippen molar-refractivity contribution in [1.82, 2.24) is 4.90 Å². The van der Waals surface area contributed by atoms with Gasteiger partial charge in [0.15, 0.2) is 0 Å². The number of β-lactam (4-membered cyclic amide) rings is 1. The van der Waals surface area contributed by atoms with Crippen molar-refractivity contribution in [2.24, 2.45) is 0 Å². The molecule has 2 rings (SSSR count). The van der Waals surface area contributed by atoms with Gasteiger partial charge in [-0.05, 0) is 12.0 Å². The molecular formula is C14H19NO2. The zero-order valence-electron chi connectivity index (χ0n) is 10.3. The first-order valence-corrected chi connectivity index (χ1v) is 6.26. The van der Waals surface area contributed by atoms with E-state index in [1.54, 1.807) is 0 Å². The number of amides is 1. The van der Waals surface area contributed by atoms with Crippen LogP contribution in [0, 0.1) is 0 Å². The third kappa shape index (κ3) is 3.07. The van der Waals surface area contributed by atoms with E-state index in [0.717, 1.165) is 24.9 Å². The van der Waals surface area contributed by atoms with Crippen LogP contribution in [-0.2, 0) is 16.1 Å². The molecular weight excluding hydrogens is 214 g/mol. The van der Waals surface area contributed by atoms with Crippen LogP contribution in [0.4, 0.5) is 0 Å². The zero-order chi connectivity index (χ0) is 12.1. The van der Waals surface area contributed by atoms with Gasteiger partial charge in [0.2, 0.25) is 5.91 Å². The minimum Gasteiger partial charge on any atom is -0.354 e. The molecule has 0 spiro atoms. The summed E-state index contributed by atoms with van der Waals surface area (Å²) in [5.74, 6) is 0.219. The van der Waals surface area contributed by atoms with Crippen molar-refractivity contribution in [2.75, 3.05) is 6.54 Å². The highest BCUT2D eigenvalue weighted by Crippen LogP contribution is 2.19. The molecule has 1 saturated heterocycles. The molecule has 1 fully saturated rings. The Labute approximate surface area is 102 Å². The first-order chi connectivity index (χ1) is 8.31. The van der Waals surface area contributed by atoms with Crippen molar-refractivity contribution in [3.63, 3.8) is 0 Å². The second-order valence-corrected chi connectivity index (χ2v) is 4.38. The zero-order valence-corrected chi connectivity index (χ0v) is 10.3. The summed E-state index contributed by atoms with van der Waals surface area (Å²) in [6, 6.07) is 10.1. The van der Waals surface area contributed by atoms with E-state index in [9.17, 15) is 4.79 Å². The van der Waals surface area contributed by atoms with E-state index in [2.05, 4.69) is 6.92 Å². The van der Waals surface area contributed by atoms with E-state index in [1.807, 2.05) is 35.2 Å². The Morgan fingerprint density at radius 3 is 2.65 bits per heavy atom. The fourth-order valence-corrected chi connectivity index (χ4v) is 1.98. The Kier molecular flexibility index (Phi) is 4.15. The highest BCUT2D eigenvalue weighted by atomic mass is 16.5. The highest BCUT2D eigenvalue weighted by Gasteiger charge is 2.30. The normalized spacial score (nSPS) is 16.8. The largest absolute Gasteiger partial charge is 0.354 e. The fraction of sp³-hybridized carbons (Fsp3) is 0.500. The topological polar surface area (TPSA) is 29.5 Å². The SMILES string of the molecule is CCCC(OCc1ccccc1)N1CCC1=O. The lowest BCUT2D eigenvalue weighted by molar-refractivity contribution is -0.162. The van der Waals surface area contributed by atoms with Gasteiger partial charge in [0, 0.05) is 13.0 Å². The molecule has 3 nitrogen and oxygen atoms in total. The van der Waals surface area contributed by atoms with Crippen LogP contribution in [0.2, 0.25) is 0 Å². The third-order valence-corrected chi connectivity index (χ3v) is 3.06. The summed E-state index contributed by atoms with van der Waals surface area (Å²) in [4.78, 5) is 13.2. The van der Waals surface area contributed by atoms with Crippen molar-refractivity contribution in [3.8, 4) is 0 Å². The smallest absolute Gasteiger partial charge is 0.226 e. The van der Waals surface area contributed by atoms with Crippen LogP contribution in [0.3, 0.4) is 0 Å². The summed E-state index contributed by atoms with van der Waals surface area (Å²) in [7, 11) is 0. The van der Waals surface area contributed by atoms with Gasteiger partial charge in [0.25, 0.3) is 0 Å². The number of rotatable bonds is 6. The lowest BCUT2D eigenvalue weighted by Crippen LogP contribution is -2.50. The van der Waals surface area contributed by atoms with Crippen LogP contribution in [0.1, 0.15) is 31.7 Å². The van der Waals surface area contributed by atoms with Crippen molar-refractivity contribution in [3.05, 3.63) is 35.9 Å². The standard InChI is InChI=1S/C14H19NO2/c1-2-6-14(15-10-9-13(15)16)17-11-12-7-4-3-5-8-12/h3-5,7-8,14H,2,6,9-11H2,1H3. The van der Waals surface area contributed by atoms with E-state index >= 15 is 0 Å². The molecule has 1 aliphatic heterocycles. The summed E-state index contributed by atoms with van der Waals surface area (Å²) in [6.07, 6.45) is 2.58. The minimum atomic E-state index is -0.0403. The number of hydrogen-bond acceptors (Lipinski definition) is 2. The van der Waals surface area contributed by atoms with E-state index in [1.165, 1.54) is 0 Å². The number of nitrogens with zero attached hydrogens (tertiary/aromatic N) is 1. The summed E-state index contributed by atoms with van der Waals surface area (Å²) in [5, 5.41) is 0. The van der Waals surface area contributed by atoms with E-state index < -0.39 is 0 Å². The maximum absolute atomic E-state index is 11.4. The van der Waals surface area contributed by atoms with Gasteiger partial charge >= 0.3 is 0 Å². The molecule has 1 aliphatic rings. The van der Waals surface area contributed by atoms with E-state index in [4.69, 9.17) is 4.74 Å². The number of ether oxygens (including phenoxy) is 1. The number of carbonyl (C=O) groups excluding carboxylic acids is 1. The average Bonchev–Trinajstić information content (AvgIpc) is 2.35. The molecule has 1 atom stereocenters. The van der Waals surface area contributed by atoms with Gasteiger partial charge in [0.1, 0.15) is 6.23 Å². The molecule has 0 radical (unpaired) electrons. The molecule has 1 unspecified atom stereocenters. The minimum absolute atomic E-state index is 0.0403. The molecule has 0 aromatic heterocycles. The molecule has 1 amide bonds. The maximum atomic E-state index is 11.4. The average molecular weight is 233 g/mol. The number of carbonyl (C=O) groups is 1. The first-order valence-electron chi connectivity index (χ1n) is 6.26. The number of likely N-dealkylation sites (tertiary alicyclic amines) is 1. The van der Waals surface area contributed by atoms with Crippen LogP contribution in [0.25, 0.3) is 0 Å². The molecule has 3 heteroatoms. The predicted molar refractivity (Wildman–Crippen MR) is 66.3 cm³/mol. The summed E-state index contributed by atoms with van der Waals surface area (Å²) < 4.78 is 5.85. The van der Waals surface area contributed by atoms with Gasteiger partial charge in [-0.15, -0.1) is 0 Å². The molecule has 0 N–H and O–H groups in total. The Morgan fingerprint density at radius 1 is 1.35 bits per heavy atom. The summed E-state index contributed by atoms with van der Waals surface area (Å²) in [6.45, 7) is 3.54. The van der Waals surface area contributed by atoms with Crippen LogP contribution in [0.15, 0.2) is 30.3 Å². The second-order valence-electron chi connectivity index (χ2n) is 4.38. The van der Waals surface area contributed by atoms with Gasteiger partial charge in [-0.3, -0.25) is 4.79 Å². The van der Waals surface area contributed by atoms with E-state index in [-0.39, 0.29) is 12.1 Å². The Bertz CT molecular complexity index is 364. The molecule has 1 aromatic rings. The van der Waals surface area contributed by atoms with Crippen molar-refractivity contribution in [2.45, 2.75) is 39.0 Å². The Morgan fingerprint density at radius 2 is 2.12 bits per heavy atom. The molecule has 1 heterocycles. The number of benzene rings is 1. The lowest BCUT2D eigenvalue weighted by Gasteiger charge is -2.37.